The van der Waals surface area contributed by atoms with Crippen molar-refractivity contribution >= 4 is 6.16 Å². The third-order valence-electron chi connectivity index (χ3n) is 1.70. The molecule has 6 nitrogen and oxygen atoms in total. The van der Waals surface area contributed by atoms with E-state index in [0.717, 1.165) is 0 Å². The summed E-state index contributed by atoms with van der Waals surface area (Å²) in [4.78, 5) is 10.4. The molecule has 3 N–H and O–H groups in total. The van der Waals surface area contributed by atoms with Crippen LogP contribution >= 0.6 is 0 Å². The van der Waals surface area contributed by atoms with Crippen LogP contribution in [0.15, 0.2) is 18.2 Å². The average molecular weight is 214 g/mol. The molecule has 0 bridgehead atoms. The maximum absolute atomic E-state index is 10.4. The van der Waals surface area contributed by atoms with Crippen molar-refractivity contribution in [3.8, 4) is 11.5 Å². The van der Waals surface area contributed by atoms with Gasteiger partial charge in [-0.15, -0.1) is 0 Å². The lowest BCUT2D eigenvalue weighted by atomic mass is 10.2. The Bertz CT molecular complexity index is 360. The van der Waals surface area contributed by atoms with Gasteiger partial charge in [-0.3, -0.25) is 0 Å². The van der Waals surface area contributed by atoms with Crippen LogP contribution in [0.25, 0.3) is 0 Å². The number of aliphatic hydroxyl groups excluding tert-OH is 1. The maximum Gasteiger partial charge on any atom is 0.511 e. The molecule has 0 saturated heterocycles. The first kappa shape index (κ1) is 11.3. The molecule has 1 rings (SSSR count). The molecule has 0 aliphatic rings. The molecule has 0 atom stereocenters. The number of aliphatic hydroxyl groups is 2. The summed E-state index contributed by atoms with van der Waals surface area (Å²) in [5, 5.41) is 26.4. The molecule has 0 unspecified atom stereocenters. The van der Waals surface area contributed by atoms with Crippen molar-refractivity contribution in [1.29, 1.82) is 0 Å². The van der Waals surface area contributed by atoms with Crippen LogP contribution in [0, 0.1) is 0 Å². The van der Waals surface area contributed by atoms with E-state index in [0.29, 0.717) is 0 Å². The molecule has 15 heavy (non-hydrogen) atoms. The van der Waals surface area contributed by atoms with E-state index in [-0.39, 0.29) is 17.1 Å². The summed E-state index contributed by atoms with van der Waals surface area (Å²) in [6.07, 6.45) is -3.38. The van der Waals surface area contributed by atoms with Crippen LogP contribution in [0.4, 0.5) is 4.79 Å². The fourth-order valence-corrected chi connectivity index (χ4v) is 1.09. The van der Waals surface area contributed by atoms with E-state index in [9.17, 15) is 4.79 Å². The summed E-state index contributed by atoms with van der Waals surface area (Å²) in [5.41, 5.74) is -0.0725. The largest absolute Gasteiger partial charge is 0.511 e. The summed E-state index contributed by atoms with van der Waals surface area (Å²) < 4.78 is 9.23. The Balaban J connectivity index is 3.20. The number of carboxylic acid groups (broad SMARTS) is 1. The van der Waals surface area contributed by atoms with Crippen LogP contribution in [-0.4, -0.2) is 28.6 Å². The Kier molecular flexibility index (Phi) is 3.48. The minimum Gasteiger partial charge on any atom is -0.493 e. The van der Waals surface area contributed by atoms with E-state index in [2.05, 4.69) is 4.74 Å². The van der Waals surface area contributed by atoms with Crippen LogP contribution in [0.5, 0.6) is 11.5 Å². The van der Waals surface area contributed by atoms with Gasteiger partial charge in [-0.05, 0) is 12.1 Å². The van der Waals surface area contributed by atoms with Gasteiger partial charge in [0.15, 0.2) is 17.8 Å². The second-order valence-corrected chi connectivity index (χ2v) is 2.62. The molecule has 0 heterocycles. The zero-order valence-corrected chi connectivity index (χ0v) is 7.88. The number of para-hydroxylation sites is 1. The highest BCUT2D eigenvalue weighted by Crippen LogP contribution is 2.34. The average Bonchev–Trinajstić information content (AvgIpc) is 2.16. The molecule has 1 aromatic carbocycles. The fourth-order valence-electron chi connectivity index (χ4n) is 1.09. The van der Waals surface area contributed by atoms with Crippen molar-refractivity contribution in [2.75, 3.05) is 7.11 Å². The van der Waals surface area contributed by atoms with Gasteiger partial charge >= 0.3 is 6.16 Å². The number of hydrogen-bond acceptors (Lipinski definition) is 5. The summed E-state index contributed by atoms with van der Waals surface area (Å²) in [5.74, 6) is -0.106. The van der Waals surface area contributed by atoms with Crippen molar-refractivity contribution in [3.63, 3.8) is 0 Å². The van der Waals surface area contributed by atoms with Crippen molar-refractivity contribution in [2.45, 2.75) is 6.29 Å². The van der Waals surface area contributed by atoms with Gasteiger partial charge in [0.25, 0.3) is 0 Å². The molecule has 0 aromatic heterocycles. The Labute approximate surface area is 85.3 Å². The van der Waals surface area contributed by atoms with Gasteiger partial charge in [-0.25, -0.2) is 4.79 Å². The van der Waals surface area contributed by atoms with E-state index in [1.165, 1.54) is 25.3 Å². The van der Waals surface area contributed by atoms with Gasteiger partial charge in [0.2, 0.25) is 0 Å². The van der Waals surface area contributed by atoms with E-state index in [1.807, 2.05) is 0 Å². The summed E-state index contributed by atoms with van der Waals surface area (Å²) >= 11 is 0. The highest BCUT2D eigenvalue weighted by molar-refractivity contribution is 5.64. The minimum atomic E-state index is -1.82. The quantitative estimate of drug-likeness (QED) is 0.390. The summed E-state index contributed by atoms with van der Waals surface area (Å²) in [6.45, 7) is 0. The van der Waals surface area contributed by atoms with E-state index in [1.54, 1.807) is 0 Å². The minimum absolute atomic E-state index is 0.0725. The van der Waals surface area contributed by atoms with Crippen LogP contribution in [0.2, 0.25) is 0 Å². The highest BCUT2D eigenvalue weighted by Gasteiger charge is 2.17. The molecule has 0 spiro atoms. The predicted octanol–water partition coefficient (Wildman–Crippen LogP) is 0.735. The smallest absolute Gasteiger partial charge is 0.493 e. The van der Waals surface area contributed by atoms with Crippen LogP contribution in [0.1, 0.15) is 11.9 Å². The first-order chi connectivity index (χ1) is 7.06. The van der Waals surface area contributed by atoms with E-state index >= 15 is 0 Å². The molecule has 0 aliphatic carbocycles. The molecule has 1 aromatic rings. The first-order valence-electron chi connectivity index (χ1n) is 4.00. The van der Waals surface area contributed by atoms with Gasteiger partial charge in [0.05, 0.1) is 12.7 Å². The Morgan fingerprint density at radius 1 is 1.40 bits per heavy atom. The number of ether oxygens (including phenoxy) is 2. The molecule has 0 aliphatic heterocycles. The molecule has 0 amide bonds. The second-order valence-electron chi connectivity index (χ2n) is 2.62. The lowest BCUT2D eigenvalue weighted by Gasteiger charge is -2.12. The lowest BCUT2D eigenvalue weighted by Crippen LogP contribution is -2.08. The highest BCUT2D eigenvalue weighted by atomic mass is 16.7. The van der Waals surface area contributed by atoms with E-state index < -0.39 is 12.4 Å². The normalized spacial score (nSPS) is 10.1. The summed E-state index contributed by atoms with van der Waals surface area (Å²) in [7, 11) is 1.32. The first-order valence-corrected chi connectivity index (χ1v) is 4.00. The van der Waals surface area contributed by atoms with Crippen LogP contribution < -0.4 is 9.47 Å². The SMILES string of the molecule is COc1cccc(C(O)O)c1OC(=O)O. The van der Waals surface area contributed by atoms with Crippen molar-refractivity contribution in [2.24, 2.45) is 0 Å². The Hall–Kier alpha value is -1.79. The van der Waals surface area contributed by atoms with Crippen molar-refractivity contribution < 1.29 is 29.6 Å². The maximum atomic E-state index is 10.4. The predicted molar refractivity (Wildman–Crippen MR) is 48.8 cm³/mol. The zero-order chi connectivity index (χ0) is 11.4. The van der Waals surface area contributed by atoms with E-state index in [4.69, 9.17) is 20.1 Å². The van der Waals surface area contributed by atoms with Crippen LogP contribution in [0.3, 0.4) is 0 Å². The van der Waals surface area contributed by atoms with Gasteiger partial charge in [0.1, 0.15) is 0 Å². The third-order valence-corrected chi connectivity index (χ3v) is 1.70. The standard InChI is InChI=1S/C9H10O6/c1-14-6-4-2-3-5(8(10)11)7(6)15-9(12)13/h2-4,8,10-11H,1H3,(H,12,13). The molecular weight excluding hydrogens is 204 g/mol. The molecule has 0 radical (unpaired) electrons. The van der Waals surface area contributed by atoms with Gasteiger partial charge in [-0.2, -0.15) is 0 Å². The van der Waals surface area contributed by atoms with Gasteiger partial charge in [0, 0.05) is 0 Å². The Morgan fingerprint density at radius 3 is 2.53 bits per heavy atom. The topological polar surface area (TPSA) is 96.2 Å². The summed E-state index contributed by atoms with van der Waals surface area (Å²) in [6, 6.07) is 4.26. The lowest BCUT2D eigenvalue weighted by molar-refractivity contribution is -0.0440. The molecular formula is C9H10O6. The van der Waals surface area contributed by atoms with Gasteiger partial charge in [-0.1, -0.05) is 6.07 Å². The number of carbonyl (C=O) groups is 1. The fraction of sp³-hybridized carbons (Fsp3) is 0.222. The zero-order valence-electron chi connectivity index (χ0n) is 7.88. The number of rotatable bonds is 3. The second kappa shape index (κ2) is 4.63. The molecule has 82 valence electrons. The molecule has 0 saturated carbocycles. The number of benzene rings is 1. The number of hydrogen-bond donors (Lipinski definition) is 3. The van der Waals surface area contributed by atoms with Crippen molar-refractivity contribution in [1.82, 2.24) is 0 Å². The molecule has 0 fully saturated rings. The molecule has 6 heteroatoms. The third kappa shape index (κ3) is 2.58. The van der Waals surface area contributed by atoms with Crippen LogP contribution in [-0.2, 0) is 0 Å². The Morgan fingerprint density at radius 2 is 2.07 bits per heavy atom. The monoisotopic (exact) mass is 214 g/mol. The van der Waals surface area contributed by atoms with Crippen molar-refractivity contribution in [3.05, 3.63) is 23.8 Å². The number of methoxy groups -OCH3 is 1. The van der Waals surface area contributed by atoms with Gasteiger partial charge < -0.3 is 24.8 Å².